The van der Waals surface area contributed by atoms with E-state index in [4.69, 9.17) is 4.74 Å². The van der Waals surface area contributed by atoms with Crippen molar-refractivity contribution >= 4 is 28.3 Å². The maximum absolute atomic E-state index is 12.7. The summed E-state index contributed by atoms with van der Waals surface area (Å²) >= 11 is 0. The normalized spacial score (nSPS) is 24.8. The Morgan fingerprint density at radius 1 is 1.07 bits per heavy atom. The van der Waals surface area contributed by atoms with E-state index < -0.39 is 30.0 Å². The first-order chi connectivity index (χ1) is 14.1. The van der Waals surface area contributed by atoms with Gasteiger partial charge in [-0.15, -0.1) is 0 Å². The van der Waals surface area contributed by atoms with Crippen molar-refractivity contribution < 1.29 is 19.4 Å². The van der Waals surface area contributed by atoms with Crippen LogP contribution < -0.4 is 5.32 Å². The number of carboxylic acid groups (broad SMARTS) is 1. The number of fused-ring (bicyclic) bond motifs is 3. The summed E-state index contributed by atoms with van der Waals surface area (Å²) in [6, 6.07) is 14.3. The van der Waals surface area contributed by atoms with E-state index in [1.807, 2.05) is 18.2 Å². The molecule has 7 heteroatoms. The average Bonchev–Trinajstić information content (AvgIpc) is 3.44. The number of hydrogen-bond donors (Lipinski definition) is 2. The van der Waals surface area contributed by atoms with Crippen molar-refractivity contribution in [2.75, 3.05) is 5.32 Å². The molecule has 0 aliphatic carbocycles. The molecule has 3 aromatic rings. The maximum Gasteiger partial charge on any atom is 0.310 e. The van der Waals surface area contributed by atoms with Gasteiger partial charge < -0.3 is 15.2 Å². The molecule has 4 atom stereocenters. The molecule has 1 amide bonds. The summed E-state index contributed by atoms with van der Waals surface area (Å²) in [6.45, 7) is 0.564. The van der Waals surface area contributed by atoms with Crippen LogP contribution in [0.15, 0.2) is 67.0 Å². The molecule has 29 heavy (non-hydrogen) atoms. The molecule has 2 aliphatic rings. The van der Waals surface area contributed by atoms with Crippen LogP contribution >= 0.6 is 0 Å². The SMILES string of the molecule is O=C(Nc1cnn(Cc2cccc3ccccc23)c1)[C@@H]1[C@H](C(=O)O)[C@@H]2C=C[C@H]1O2. The zero-order valence-electron chi connectivity index (χ0n) is 15.4. The second-order valence-corrected chi connectivity index (χ2v) is 7.39. The fraction of sp³-hybridized carbons (Fsp3) is 0.227. The number of aromatic nitrogens is 2. The molecule has 0 saturated carbocycles. The number of aliphatic carboxylic acids is 1. The van der Waals surface area contributed by atoms with Gasteiger partial charge in [-0.2, -0.15) is 5.10 Å². The second kappa shape index (κ2) is 6.86. The molecular weight excluding hydrogens is 370 g/mol. The predicted molar refractivity (Wildman–Crippen MR) is 106 cm³/mol. The number of ether oxygens (including phenoxy) is 1. The van der Waals surface area contributed by atoms with Gasteiger partial charge in [0, 0.05) is 6.20 Å². The number of hydrogen-bond acceptors (Lipinski definition) is 4. The number of nitrogens with one attached hydrogen (secondary N) is 1. The van der Waals surface area contributed by atoms with Gasteiger partial charge in [0.1, 0.15) is 5.92 Å². The minimum Gasteiger partial charge on any atom is -0.481 e. The Bertz CT molecular complexity index is 1130. The summed E-state index contributed by atoms with van der Waals surface area (Å²) in [5.74, 6) is -2.99. The van der Waals surface area contributed by atoms with Gasteiger partial charge in [0.2, 0.25) is 5.91 Å². The summed E-state index contributed by atoms with van der Waals surface area (Å²) < 4.78 is 7.32. The molecule has 0 unspecified atom stereocenters. The Morgan fingerprint density at radius 3 is 2.66 bits per heavy atom. The van der Waals surface area contributed by atoms with E-state index in [0.29, 0.717) is 12.2 Å². The molecule has 5 rings (SSSR count). The predicted octanol–water partition coefficient (Wildman–Crippen LogP) is 2.68. The summed E-state index contributed by atoms with van der Waals surface area (Å²) in [5.41, 5.74) is 1.66. The Morgan fingerprint density at radius 2 is 1.83 bits per heavy atom. The van der Waals surface area contributed by atoms with Crippen LogP contribution in [0, 0.1) is 11.8 Å². The molecule has 7 nitrogen and oxygen atoms in total. The molecule has 146 valence electrons. The van der Waals surface area contributed by atoms with Crippen molar-refractivity contribution in [3.63, 3.8) is 0 Å². The third-order valence-corrected chi connectivity index (χ3v) is 5.60. The monoisotopic (exact) mass is 389 g/mol. The number of carbonyl (C=O) groups is 2. The third-order valence-electron chi connectivity index (χ3n) is 5.60. The summed E-state index contributed by atoms with van der Waals surface area (Å²) in [7, 11) is 0. The highest BCUT2D eigenvalue weighted by atomic mass is 16.5. The lowest BCUT2D eigenvalue weighted by Crippen LogP contribution is -2.39. The van der Waals surface area contributed by atoms with Crippen molar-refractivity contribution in [3.8, 4) is 0 Å². The molecule has 3 heterocycles. The number of anilines is 1. The Labute approximate surface area is 166 Å². The van der Waals surface area contributed by atoms with E-state index in [9.17, 15) is 14.7 Å². The lowest BCUT2D eigenvalue weighted by molar-refractivity contribution is -0.145. The van der Waals surface area contributed by atoms with Crippen LogP contribution in [0.1, 0.15) is 5.56 Å². The quantitative estimate of drug-likeness (QED) is 0.655. The molecule has 2 aliphatic heterocycles. The van der Waals surface area contributed by atoms with Crippen LogP contribution in [-0.4, -0.2) is 39.0 Å². The highest BCUT2D eigenvalue weighted by molar-refractivity contribution is 5.96. The number of nitrogens with zero attached hydrogens (tertiary/aromatic N) is 2. The van der Waals surface area contributed by atoms with E-state index in [1.54, 1.807) is 29.2 Å². The first-order valence-corrected chi connectivity index (χ1v) is 9.47. The van der Waals surface area contributed by atoms with Crippen LogP contribution in [0.2, 0.25) is 0 Å². The standard InChI is InChI=1S/C22H19N3O4/c26-21(19-17-8-9-18(29-17)20(19)22(27)28)24-15-10-23-25(12-15)11-14-6-3-5-13-4-1-2-7-16(13)14/h1-10,12,17-20H,11H2,(H,24,26)(H,27,28)/t17-,18+,19+,20-/m1/s1. The average molecular weight is 389 g/mol. The summed E-state index contributed by atoms with van der Waals surface area (Å²) in [5, 5.41) is 18.9. The van der Waals surface area contributed by atoms with Gasteiger partial charge in [0.15, 0.2) is 0 Å². The van der Waals surface area contributed by atoms with Crippen molar-refractivity contribution in [2.24, 2.45) is 11.8 Å². The van der Waals surface area contributed by atoms with E-state index in [2.05, 4.69) is 34.7 Å². The van der Waals surface area contributed by atoms with E-state index in [0.717, 1.165) is 16.3 Å². The number of rotatable bonds is 5. The molecule has 1 saturated heterocycles. The van der Waals surface area contributed by atoms with Crippen LogP contribution in [-0.2, 0) is 20.9 Å². The molecule has 1 aromatic heterocycles. The number of benzene rings is 2. The lowest BCUT2D eigenvalue weighted by Gasteiger charge is -2.20. The molecule has 0 spiro atoms. The van der Waals surface area contributed by atoms with Gasteiger partial charge in [0.05, 0.1) is 36.6 Å². The number of carbonyl (C=O) groups excluding carboxylic acids is 1. The molecule has 1 fully saturated rings. The highest BCUT2D eigenvalue weighted by Crippen LogP contribution is 2.39. The zero-order chi connectivity index (χ0) is 20.0. The Hall–Kier alpha value is -3.45. The van der Waals surface area contributed by atoms with Crippen molar-refractivity contribution in [3.05, 3.63) is 72.6 Å². The first kappa shape index (κ1) is 17.6. The van der Waals surface area contributed by atoms with Crippen molar-refractivity contribution in [1.29, 1.82) is 0 Å². The largest absolute Gasteiger partial charge is 0.481 e. The van der Waals surface area contributed by atoms with Gasteiger partial charge in [-0.1, -0.05) is 54.6 Å². The van der Waals surface area contributed by atoms with Crippen LogP contribution in [0.25, 0.3) is 10.8 Å². The third kappa shape index (κ3) is 3.09. The smallest absolute Gasteiger partial charge is 0.310 e. The van der Waals surface area contributed by atoms with Crippen LogP contribution in [0.5, 0.6) is 0 Å². The van der Waals surface area contributed by atoms with Crippen molar-refractivity contribution in [1.82, 2.24) is 9.78 Å². The molecule has 2 aromatic carbocycles. The van der Waals surface area contributed by atoms with Crippen molar-refractivity contribution in [2.45, 2.75) is 18.8 Å². The Kier molecular flexibility index (Phi) is 4.17. The van der Waals surface area contributed by atoms with Gasteiger partial charge >= 0.3 is 5.97 Å². The maximum atomic E-state index is 12.7. The van der Waals surface area contributed by atoms with Gasteiger partial charge in [-0.3, -0.25) is 14.3 Å². The van der Waals surface area contributed by atoms with Crippen LogP contribution in [0.3, 0.4) is 0 Å². The fourth-order valence-corrected chi connectivity index (χ4v) is 4.26. The van der Waals surface area contributed by atoms with E-state index >= 15 is 0 Å². The Balaban J connectivity index is 1.32. The van der Waals surface area contributed by atoms with E-state index in [-0.39, 0.29) is 5.91 Å². The molecule has 2 N–H and O–H groups in total. The number of amides is 1. The minimum atomic E-state index is -1.02. The highest BCUT2D eigenvalue weighted by Gasteiger charge is 2.53. The zero-order valence-corrected chi connectivity index (χ0v) is 15.4. The second-order valence-electron chi connectivity index (χ2n) is 7.39. The van der Waals surface area contributed by atoms with E-state index in [1.165, 1.54) is 0 Å². The van der Waals surface area contributed by atoms with Gasteiger partial charge in [-0.05, 0) is 16.3 Å². The fourth-order valence-electron chi connectivity index (χ4n) is 4.26. The molecule has 0 radical (unpaired) electrons. The number of carboxylic acids is 1. The lowest BCUT2D eigenvalue weighted by atomic mass is 9.82. The summed E-state index contributed by atoms with van der Waals surface area (Å²) in [4.78, 5) is 24.3. The van der Waals surface area contributed by atoms with Gasteiger partial charge in [-0.25, -0.2) is 0 Å². The topological polar surface area (TPSA) is 93.5 Å². The minimum absolute atomic E-state index is 0.362. The van der Waals surface area contributed by atoms with Gasteiger partial charge in [0.25, 0.3) is 0 Å². The molecular formula is C22H19N3O4. The molecule has 2 bridgehead atoms. The van der Waals surface area contributed by atoms with Crippen LogP contribution in [0.4, 0.5) is 5.69 Å². The summed E-state index contributed by atoms with van der Waals surface area (Å²) in [6.07, 6.45) is 5.77. The first-order valence-electron chi connectivity index (χ1n) is 9.47.